The molecule has 0 aliphatic heterocycles. The van der Waals surface area contributed by atoms with Crippen LogP contribution in [0.5, 0.6) is 0 Å². The molecular weight excluding hydrogens is 280 g/mol. The highest BCUT2D eigenvalue weighted by atomic mass is 35.5. The lowest BCUT2D eigenvalue weighted by atomic mass is 10.2. The first-order valence-corrected chi connectivity index (χ1v) is 5.26. The molecular formula is C9H9ClN4O5. The summed E-state index contributed by atoms with van der Waals surface area (Å²) >= 11 is 5.54. The second-order valence-electron chi connectivity index (χ2n) is 3.41. The molecule has 0 radical (unpaired) electrons. The number of rotatable bonds is 5. The zero-order valence-electron chi connectivity index (χ0n) is 9.37. The number of primary amides is 1. The number of hydrogen-bond donors (Lipinski definition) is 3. The summed E-state index contributed by atoms with van der Waals surface area (Å²) in [4.78, 5) is 35.6. The van der Waals surface area contributed by atoms with Crippen molar-refractivity contribution in [3.05, 3.63) is 33.1 Å². The normalized spacial score (nSPS) is 11.7. The first-order valence-electron chi connectivity index (χ1n) is 4.88. The summed E-state index contributed by atoms with van der Waals surface area (Å²) in [6.07, 6.45) is -0.748. The lowest BCUT2D eigenvalue weighted by Gasteiger charge is -2.08. The lowest BCUT2D eigenvalue weighted by Crippen LogP contribution is -2.40. The first kappa shape index (κ1) is 14.8. The SMILES string of the molecule is NC(=O)C(O)CNC(=O)c1cc(Cl)ncc1[N+](=O)[O-]. The highest BCUT2D eigenvalue weighted by molar-refractivity contribution is 6.29. The summed E-state index contributed by atoms with van der Waals surface area (Å²) in [5, 5.41) is 21.8. The summed E-state index contributed by atoms with van der Waals surface area (Å²) in [5.41, 5.74) is 3.91. The lowest BCUT2D eigenvalue weighted by molar-refractivity contribution is -0.385. The maximum absolute atomic E-state index is 11.7. The van der Waals surface area contributed by atoms with Crippen molar-refractivity contribution in [1.82, 2.24) is 10.3 Å². The minimum absolute atomic E-state index is 0.105. The molecule has 1 atom stereocenters. The van der Waals surface area contributed by atoms with E-state index in [0.717, 1.165) is 12.3 Å². The van der Waals surface area contributed by atoms with Crippen LogP contribution in [0.3, 0.4) is 0 Å². The van der Waals surface area contributed by atoms with E-state index in [9.17, 15) is 19.7 Å². The van der Waals surface area contributed by atoms with E-state index in [2.05, 4.69) is 10.3 Å². The number of aliphatic hydroxyl groups excluding tert-OH is 1. The molecule has 1 aromatic rings. The van der Waals surface area contributed by atoms with Crippen LogP contribution in [-0.2, 0) is 4.79 Å². The number of halogens is 1. The van der Waals surface area contributed by atoms with E-state index >= 15 is 0 Å². The van der Waals surface area contributed by atoms with Gasteiger partial charge in [-0.1, -0.05) is 11.6 Å². The summed E-state index contributed by atoms with van der Waals surface area (Å²) in [6, 6.07) is 1.01. The third-order valence-electron chi connectivity index (χ3n) is 2.08. The van der Waals surface area contributed by atoms with Crippen LogP contribution in [0.25, 0.3) is 0 Å². The molecule has 1 aromatic heterocycles. The van der Waals surface area contributed by atoms with Crippen LogP contribution < -0.4 is 11.1 Å². The third kappa shape index (κ3) is 3.86. The second-order valence-corrected chi connectivity index (χ2v) is 3.80. The zero-order chi connectivity index (χ0) is 14.6. The Bertz CT molecular complexity index is 535. The number of amides is 2. The van der Waals surface area contributed by atoms with Crippen LogP contribution in [0, 0.1) is 10.1 Å². The fourth-order valence-corrected chi connectivity index (χ4v) is 1.29. The molecule has 4 N–H and O–H groups in total. The van der Waals surface area contributed by atoms with Gasteiger partial charge in [0.15, 0.2) is 0 Å². The number of aliphatic hydroxyl groups is 1. The molecule has 0 aromatic carbocycles. The summed E-state index contributed by atoms with van der Waals surface area (Å²) in [6.45, 7) is -0.467. The Balaban J connectivity index is 2.90. The molecule has 2 amide bonds. The number of hydrogen-bond acceptors (Lipinski definition) is 6. The topological polar surface area (TPSA) is 148 Å². The van der Waals surface area contributed by atoms with E-state index in [-0.39, 0.29) is 10.7 Å². The molecule has 0 aliphatic rings. The molecule has 1 unspecified atom stereocenters. The van der Waals surface area contributed by atoms with Gasteiger partial charge in [0.1, 0.15) is 23.0 Å². The van der Waals surface area contributed by atoms with Gasteiger partial charge in [-0.25, -0.2) is 4.98 Å². The van der Waals surface area contributed by atoms with Gasteiger partial charge in [0.05, 0.1) is 11.5 Å². The number of nitro groups is 1. The quantitative estimate of drug-likeness (QED) is 0.367. The average molecular weight is 289 g/mol. The molecule has 102 valence electrons. The summed E-state index contributed by atoms with van der Waals surface area (Å²) < 4.78 is 0. The first-order chi connectivity index (χ1) is 8.82. The average Bonchev–Trinajstić information content (AvgIpc) is 2.34. The van der Waals surface area contributed by atoms with Crippen molar-refractivity contribution in [2.24, 2.45) is 5.73 Å². The zero-order valence-corrected chi connectivity index (χ0v) is 10.1. The largest absolute Gasteiger partial charge is 0.381 e. The van der Waals surface area contributed by atoms with Crippen molar-refractivity contribution < 1.29 is 19.6 Å². The number of pyridine rings is 1. The molecule has 0 saturated carbocycles. The van der Waals surface area contributed by atoms with Crippen LogP contribution in [-0.4, -0.2) is 39.5 Å². The molecule has 9 nitrogen and oxygen atoms in total. The van der Waals surface area contributed by atoms with E-state index in [1.807, 2.05) is 0 Å². The minimum Gasteiger partial charge on any atom is -0.381 e. The predicted octanol–water partition coefficient (Wildman–Crippen LogP) is -0.781. The fourth-order valence-electron chi connectivity index (χ4n) is 1.14. The maximum atomic E-state index is 11.7. The maximum Gasteiger partial charge on any atom is 0.300 e. The van der Waals surface area contributed by atoms with Crippen molar-refractivity contribution >= 4 is 29.1 Å². The van der Waals surface area contributed by atoms with Gasteiger partial charge in [0.25, 0.3) is 11.6 Å². The van der Waals surface area contributed by atoms with Crippen LogP contribution in [0.4, 0.5) is 5.69 Å². The van der Waals surface area contributed by atoms with Gasteiger partial charge in [-0.3, -0.25) is 19.7 Å². The van der Waals surface area contributed by atoms with Crippen LogP contribution in [0.1, 0.15) is 10.4 Å². The van der Waals surface area contributed by atoms with Crippen LogP contribution in [0.2, 0.25) is 5.15 Å². The number of carbonyl (C=O) groups excluding carboxylic acids is 2. The van der Waals surface area contributed by atoms with E-state index < -0.39 is 35.1 Å². The van der Waals surface area contributed by atoms with Crippen molar-refractivity contribution in [2.45, 2.75) is 6.10 Å². The molecule has 0 bridgehead atoms. The molecule has 10 heteroatoms. The van der Waals surface area contributed by atoms with Crippen molar-refractivity contribution in [2.75, 3.05) is 6.54 Å². The van der Waals surface area contributed by atoms with E-state index in [0.29, 0.717) is 0 Å². The van der Waals surface area contributed by atoms with Gasteiger partial charge < -0.3 is 16.2 Å². The minimum atomic E-state index is -1.58. The van der Waals surface area contributed by atoms with Gasteiger partial charge in [0.2, 0.25) is 5.91 Å². The Hall–Kier alpha value is -2.26. The highest BCUT2D eigenvalue weighted by Gasteiger charge is 2.22. The van der Waals surface area contributed by atoms with Gasteiger partial charge in [-0.15, -0.1) is 0 Å². The van der Waals surface area contributed by atoms with Crippen molar-refractivity contribution in [3.63, 3.8) is 0 Å². The molecule has 1 rings (SSSR count). The number of nitrogens with one attached hydrogen (secondary N) is 1. The summed E-state index contributed by atoms with van der Waals surface area (Å²) in [7, 11) is 0. The van der Waals surface area contributed by atoms with E-state index in [1.165, 1.54) is 0 Å². The Morgan fingerprint density at radius 2 is 2.26 bits per heavy atom. The number of aromatic nitrogens is 1. The van der Waals surface area contributed by atoms with Crippen LogP contribution >= 0.6 is 11.6 Å². The number of carbonyl (C=O) groups is 2. The molecule has 0 saturated heterocycles. The van der Waals surface area contributed by atoms with Gasteiger partial charge in [0, 0.05) is 0 Å². The van der Waals surface area contributed by atoms with Crippen molar-refractivity contribution in [3.8, 4) is 0 Å². The Kier molecular flexibility index (Phi) is 4.73. The fraction of sp³-hybridized carbons (Fsp3) is 0.222. The number of nitrogens with zero attached hydrogens (tertiary/aromatic N) is 2. The summed E-state index contributed by atoms with van der Waals surface area (Å²) in [5.74, 6) is -1.90. The monoisotopic (exact) mass is 288 g/mol. The van der Waals surface area contributed by atoms with E-state index in [1.54, 1.807) is 0 Å². The Morgan fingerprint density at radius 3 is 2.79 bits per heavy atom. The third-order valence-corrected chi connectivity index (χ3v) is 2.28. The van der Waals surface area contributed by atoms with Gasteiger partial charge in [-0.2, -0.15) is 0 Å². The molecule has 19 heavy (non-hydrogen) atoms. The van der Waals surface area contributed by atoms with E-state index in [4.69, 9.17) is 22.4 Å². The predicted molar refractivity (Wildman–Crippen MR) is 63.4 cm³/mol. The van der Waals surface area contributed by atoms with Crippen LogP contribution in [0.15, 0.2) is 12.3 Å². The van der Waals surface area contributed by atoms with Gasteiger partial charge in [-0.05, 0) is 6.07 Å². The Morgan fingerprint density at radius 1 is 1.63 bits per heavy atom. The smallest absolute Gasteiger partial charge is 0.300 e. The molecule has 0 aliphatic carbocycles. The molecule has 0 spiro atoms. The highest BCUT2D eigenvalue weighted by Crippen LogP contribution is 2.20. The Labute approximate surface area is 111 Å². The number of nitrogens with two attached hydrogens (primary N) is 1. The standard InChI is InChI=1S/C9H9ClN4O5/c10-7-1-4(5(2-12-7)14(18)19)9(17)13-3-6(15)8(11)16/h1-2,6,15H,3H2,(H2,11,16)(H,13,17). The van der Waals surface area contributed by atoms with Gasteiger partial charge >= 0.3 is 0 Å². The molecule has 1 heterocycles. The second kappa shape index (κ2) is 6.07. The molecule has 0 fully saturated rings. The van der Waals surface area contributed by atoms with Crippen molar-refractivity contribution in [1.29, 1.82) is 0 Å².